The summed E-state index contributed by atoms with van der Waals surface area (Å²) in [6.07, 6.45) is 1.86. The molecule has 0 radical (unpaired) electrons. The molecule has 0 spiro atoms. The number of nitrogens with one attached hydrogen (secondary N) is 1. The minimum atomic E-state index is -3.22. The minimum absolute atomic E-state index is 0.0561. The monoisotopic (exact) mass is 367 g/mol. The highest BCUT2D eigenvalue weighted by Crippen LogP contribution is 2.17. The number of hydrogen-bond acceptors (Lipinski definition) is 5. The molecule has 0 aliphatic carbocycles. The number of rotatable bonds is 5. The normalized spacial score (nSPS) is 22.4. The third-order valence-electron chi connectivity index (χ3n) is 4.67. The lowest BCUT2D eigenvalue weighted by Gasteiger charge is -2.32. The van der Waals surface area contributed by atoms with Crippen LogP contribution in [0.3, 0.4) is 0 Å². The highest BCUT2D eigenvalue weighted by Gasteiger charge is 2.27. The van der Waals surface area contributed by atoms with E-state index in [1.807, 2.05) is 12.1 Å². The van der Waals surface area contributed by atoms with E-state index in [0.29, 0.717) is 26.2 Å². The van der Waals surface area contributed by atoms with Gasteiger partial charge in [0.2, 0.25) is 15.9 Å². The van der Waals surface area contributed by atoms with Gasteiger partial charge in [-0.2, -0.15) is 4.31 Å². The Labute approximate surface area is 149 Å². The van der Waals surface area contributed by atoms with Crippen LogP contribution in [0.4, 0.5) is 0 Å². The number of hydrogen-bond donors (Lipinski definition) is 1. The van der Waals surface area contributed by atoms with Crippen molar-refractivity contribution in [2.75, 3.05) is 45.6 Å². The van der Waals surface area contributed by atoms with Crippen LogP contribution in [0.15, 0.2) is 24.3 Å². The van der Waals surface area contributed by atoms with E-state index in [4.69, 9.17) is 4.74 Å². The molecule has 1 saturated heterocycles. The van der Waals surface area contributed by atoms with Crippen molar-refractivity contribution < 1.29 is 17.9 Å². The highest BCUT2D eigenvalue weighted by molar-refractivity contribution is 7.88. The third-order valence-corrected chi connectivity index (χ3v) is 5.94. The molecule has 0 unspecified atom stereocenters. The molecule has 138 valence electrons. The summed E-state index contributed by atoms with van der Waals surface area (Å²) in [5.74, 6) is -0.0561. The summed E-state index contributed by atoms with van der Waals surface area (Å²) in [5, 5.41) is 2.87. The average Bonchev–Trinajstić information content (AvgIpc) is 2.59. The Kier molecular flexibility index (Phi) is 5.73. The van der Waals surface area contributed by atoms with E-state index in [-0.39, 0.29) is 18.6 Å². The maximum atomic E-state index is 12.2. The lowest BCUT2D eigenvalue weighted by Crippen LogP contribution is -2.50. The number of amides is 1. The second-order valence-corrected chi connectivity index (χ2v) is 8.63. The number of sulfonamides is 1. The molecule has 0 bridgehead atoms. The van der Waals surface area contributed by atoms with Crippen LogP contribution in [-0.4, -0.2) is 75.2 Å². The van der Waals surface area contributed by atoms with E-state index in [1.165, 1.54) is 21.7 Å². The standard InChI is InChI=1S/C17H25N3O4S/c1-25(22,23)20-8-9-24-16(12-20)10-18-17(21)13-19-7-6-14-4-2-3-5-15(14)11-19/h2-5,16H,6-13H2,1H3,(H,18,21)/t16-/m0/s1. The molecule has 0 saturated carbocycles. The Morgan fingerprint density at radius 2 is 2.04 bits per heavy atom. The summed E-state index contributed by atoms with van der Waals surface area (Å²) >= 11 is 0. The number of benzene rings is 1. The van der Waals surface area contributed by atoms with Crippen LogP contribution in [0.2, 0.25) is 0 Å². The summed E-state index contributed by atoms with van der Waals surface area (Å²) in [6.45, 7) is 3.34. The number of morpholine rings is 1. The Morgan fingerprint density at radius 3 is 2.80 bits per heavy atom. The zero-order valence-corrected chi connectivity index (χ0v) is 15.3. The van der Waals surface area contributed by atoms with E-state index in [1.54, 1.807) is 0 Å². The van der Waals surface area contributed by atoms with E-state index >= 15 is 0 Å². The minimum Gasteiger partial charge on any atom is -0.374 e. The molecule has 3 rings (SSSR count). The third kappa shape index (κ3) is 5.01. The molecular formula is C17H25N3O4S. The van der Waals surface area contributed by atoms with Crippen molar-refractivity contribution in [1.82, 2.24) is 14.5 Å². The SMILES string of the molecule is CS(=O)(=O)N1CCO[C@@H](CNC(=O)CN2CCc3ccccc3C2)C1. The number of carbonyl (C=O) groups excluding carboxylic acids is 1. The Bertz CT molecular complexity index is 722. The van der Waals surface area contributed by atoms with Crippen LogP contribution < -0.4 is 5.32 Å². The first-order valence-electron chi connectivity index (χ1n) is 8.54. The predicted molar refractivity (Wildman–Crippen MR) is 94.6 cm³/mol. The van der Waals surface area contributed by atoms with Crippen LogP contribution in [0.1, 0.15) is 11.1 Å². The molecule has 2 aliphatic heterocycles. The lowest BCUT2D eigenvalue weighted by atomic mass is 10.00. The van der Waals surface area contributed by atoms with E-state index in [0.717, 1.165) is 19.5 Å². The van der Waals surface area contributed by atoms with Gasteiger partial charge in [0.1, 0.15) is 0 Å². The van der Waals surface area contributed by atoms with Crippen molar-refractivity contribution >= 4 is 15.9 Å². The number of ether oxygens (including phenoxy) is 1. The molecule has 25 heavy (non-hydrogen) atoms. The summed E-state index contributed by atoms with van der Waals surface area (Å²) in [7, 11) is -3.22. The first-order valence-corrected chi connectivity index (χ1v) is 10.4. The van der Waals surface area contributed by atoms with E-state index < -0.39 is 10.0 Å². The van der Waals surface area contributed by atoms with Gasteiger partial charge >= 0.3 is 0 Å². The molecule has 1 aromatic rings. The molecule has 8 heteroatoms. The first-order chi connectivity index (χ1) is 11.9. The zero-order chi connectivity index (χ0) is 17.9. The fraction of sp³-hybridized carbons (Fsp3) is 0.588. The van der Waals surface area contributed by atoms with Gasteiger partial charge in [0, 0.05) is 32.7 Å². The van der Waals surface area contributed by atoms with Crippen LogP contribution in [0.5, 0.6) is 0 Å². The number of nitrogens with zero attached hydrogens (tertiary/aromatic N) is 2. The smallest absolute Gasteiger partial charge is 0.234 e. The van der Waals surface area contributed by atoms with Crippen molar-refractivity contribution in [1.29, 1.82) is 0 Å². The van der Waals surface area contributed by atoms with Gasteiger partial charge in [-0.3, -0.25) is 9.69 Å². The van der Waals surface area contributed by atoms with Crippen molar-refractivity contribution in [2.24, 2.45) is 0 Å². The van der Waals surface area contributed by atoms with Crippen LogP contribution >= 0.6 is 0 Å². The van der Waals surface area contributed by atoms with Gasteiger partial charge in [0.15, 0.2) is 0 Å². The Hall–Kier alpha value is -1.48. The molecule has 0 aromatic heterocycles. The van der Waals surface area contributed by atoms with Crippen molar-refractivity contribution in [3.8, 4) is 0 Å². The van der Waals surface area contributed by atoms with Gasteiger partial charge in [-0.05, 0) is 17.5 Å². The largest absolute Gasteiger partial charge is 0.374 e. The first kappa shape index (κ1) is 18.3. The van der Waals surface area contributed by atoms with Crippen molar-refractivity contribution in [3.05, 3.63) is 35.4 Å². The highest BCUT2D eigenvalue weighted by atomic mass is 32.2. The van der Waals surface area contributed by atoms with E-state index in [9.17, 15) is 13.2 Å². The number of carbonyl (C=O) groups is 1. The molecule has 2 aliphatic rings. The maximum Gasteiger partial charge on any atom is 0.234 e. The maximum absolute atomic E-state index is 12.2. The fourth-order valence-electron chi connectivity index (χ4n) is 3.29. The fourth-order valence-corrected chi connectivity index (χ4v) is 4.14. The molecular weight excluding hydrogens is 342 g/mol. The van der Waals surface area contributed by atoms with Crippen LogP contribution in [0.25, 0.3) is 0 Å². The van der Waals surface area contributed by atoms with Crippen molar-refractivity contribution in [3.63, 3.8) is 0 Å². The Balaban J connectivity index is 1.44. The van der Waals surface area contributed by atoms with Crippen LogP contribution in [-0.2, 0) is 32.5 Å². The second-order valence-electron chi connectivity index (χ2n) is 6.65. The molecule has 2 heterocycles. The molecule has 1 fully saturated rings. The topological polar surface area (TPSA) is 79.0 Å². The van der Waals surface area contributed by atoms with Gasteiger partial charge in [-0.25, -0.2) is 8.42 Å². The molecule has 1 amide bonds. The molecule has 1 N–H and O–H groups in total. The second kappa shape index (κ2) is 7.82. The quantitative estimate of drug-likeness (QED) is 0.781. The molecule has 7 nitrogen and oxygen atoms in total. The van der Waals surface area contributed by atoms with Gasteiger partial charge in [0.25, 0.3) is 0 Å². The van der Waals surface area contributed by atoms with Gasteiger partial charge in [0.05, 0.1) is 25.5 Å². The summed E-state index contributed by atoms with van der Waals surface area (Å²) in [5.41, 5.74) is 2.64. The summed E-state index contributed by atoms with van der Waals surface area (Å²) in [4.78, 5) is 14.3. The zero-order valence-electron chi connectivity index (χ0n) is 14.5. The molecule has 1 aromatic carbocycles. The van der Waals surface area contributed by atoms with Gasteiger partial charge in [-0.1, -0.05) is 24.3 Å². The summed E-state index contributed by atoms with van der Waals surface area (Å²) < 4.78 is 30.2. The average molecular weight is 367 g/mol. The number of fused-ring (bicyclic) bond motifs is 1. The van der Waals surface area contributed by atoms with Crippen molar-refractivity contribution in [2.45, 2.75) is 19.1 Å². The Morgan fingerprint density at radius 1 is 1.28 bits per heavy atom. The van der Waals surface area contributed by atoms with Gasteiger partial charge < -0.3 is 10.1 Å². The summed E-state index contributed by atoms with van der Waals surface area (Å²) in [6, 6.07) is 8.32. The van der Waals surface area contributed by atoms with E-state index in [2.05, 4.69) is 22.3 Å². The predicted octanol–water partition coefficient (Wildman–Crippen LogP) is -0.179. The van der Waals surface area contributed by atoms with Gasteiger partial charge in [-0.15, -0.1) is 0 Å². The van der Waals surface area contributed by atoms with Crippen LogP contribution in [0, 0.1) is 0 Å². The molecule has 1 atom stereocenters. The lowest BCUT2D eigenvalue weighted by molar-refractivity contribution is -0.123.